The third-order valence-corrected chi connectivity index (χ3v) is 4.27. The first kappa shape index (κ1) is 14.9. The summed E-state index contributed by atoms with van der Waals surface area (Å²) in [4.78, 5) is 0. The Morgan fingerprint density at radius 2 is 2.00 bits per heavy atom. The summed E-state index contributed by atoms with van der Waals surface area (Å²) in [6.45, 7) is 0.592. The van der Waals surface area contributed by atoms with Crippen molar-refractivity contribution in [2.24, 2.45) is 5.73 Å². The van der Waals surface area contributed by atoms with Gasteiger partial charge in [-0.3, -0.25) is 4.31 Å². The van der Waals surface area contributed by atoms with Gasteiger partial charge in [0.2, 0.25) is 0 Å². The molecule has 0 saturated heterocycles. The average molecular weight is 275 g/mol. The summed E-state index contributed by atoms with van der Waals surface area (Å²) >= 11 is 0. The van der Waals surface area contributed by atoms with Crippen molar-refractivity contribution in [1.29, 1.82) is 0 Å². The fourth-order valence-electron chi connectivity index (χ4n) is 1.44. The van der Waals surface area contributed by atoms with E-state index in [0.29, 0.717) is 18.7 Å². The molecule has 0 fully saturated rings. The van der Waals surface area contributed by atoms with Crippen molar-refractivity contribution in [2.45, 2.75) is 6.42 Å². The van der Waals surface area contributed by atoms with Gasteiger partial charge in [0.1, 0.15) is 5.82 Å². The van der Waals surface area contributed by atoms with E-state index in [-0.39, 0.29) is 6.54 Å². The molecule has 1 aromatic rings. The summed E-state index contributed by atoms with van der Waals surface area (Å²) in [5.41, 5.74) is 5.70. The van der Waals surface area contributed by atoms with Crippen LogP contribution in [-0.4, -0.2) is 39.9 Å². The summed E-state index contributed by atoms with van der Waals surface area (Å²) in [7, 11) is -0.767. The molecule has 0 amide bonds. The monoisotopic (exact) mass is 275 g/mol. The molecule has 0 aliphatic heterocycles. The molecule has 0 atom stereocenters. The summed E-state index contributed by atoms with van der Waals surface area (Å²) in [5.74, 6) is -0.473. The predicted octanol–water partition coefficient (Wildman–Crippen LogP) is 0.787. The molecule has 0 heterocycles. The molecule has 2 N–H and O–H groups in total. The van der Waals surface area contributed by atoms with Gasteiger partial charge in [-0.2, -0.15) is 12.7 Å². The summed E-state index contributed by atoms with van der Waals surface area (Å²) in [5, 5.41) is 0. The van der Waals surface area contributed by atoms with Crippen LogP contribution in [0, 0.1) is 5.82 Å². The maximum Gasteiger partial charge on any atom is 0.303 e. The highest BCUT2D eigenvalue weighted by atomic mass is 32.2. The van der Waals surface area contributed by atoms with E-state index >= 15 is 0 Å². The summed E-state index contributed by atoms with van der Waals surface area (Å²) in [6, 6.07) is 5.50. The number of halogens is 1. The zero-order valence-corrected chi connectivity index (χ0v) is 11.3. The van der Waals surface area contributed by atoms with Gasteiger partial charge in [-0.1, -0.05) is 6.07 Å². The van der Waals surface area contributed by atoms with E-state index in [9.17, 15) is 12.8 Å². The average Bonchev–Trinajstić information content (AvgIpc) is 2.29. The first-order chi connectivity index (χ1) is 8.39. The SMILES string of the molecule is CN(C)S(=O)(=O)N(CCCN)c1cccc(F)c1. The van der Waals surface area contributed by atoms with Crippen molar-refractivity contribution in [3.05, 3.63) is 30.1 Å². The fourth-order valence-corrected chi connectivity index (χ4v) is 2.57. The molecule has 102 valence electrons. The molecule has 1 aromatic carbocycles. The van der Waals surface area contributed by atoms with Crippen LogP contribution in [0.4, 0.5) is 10.1 Å². The second-order valence-electron chi connectivity index (χ2n) is 3.98. The van der Waals surface area contributed by atoms with Gasteiger partial charge >= 0.3 is 10.2 Å². The van der Waals surface area contributed by atoms with Crippen LogP contribution in [0.2, 0.25) is 0 Å². The molecule has 0 aliphatic rings. The number of anilines is 1. The maximum atomic E-state index is 13.2. The quantitative estimate of drug-likeness (QED) is 0.834. The molecule has 0 saturated carbocycles. The van der Waals surface area contributed by atoms with Crippen molar-refractivity contribution in [2.75, 3.05) is 31.5 Å². The first-order valence-corrected chi connectivity index (χ1v) is 6.95. The Kier molecular flexibility index (Phi) is 5.06. The molecular formula is C11H18FN3O2S. The Hall–Kier alpha value is -1.18. The number of nitrogens with zero attached hydrogens (tertiary/aromatic N) is 2. The maximum absolute atomic E-state index is 13.2. The summed E-state index contributed by atoms with van der Waals surface area (Å²) < 4.78 is 39.7. The second kappa shape index (κ2) is 6.12. The Bertz CT molecular complexity index is 491. The lowest BCUT2D eigenvalue weighted by Gasteiger charge is -2.27. The lowest BCUT2D eigenvalue weighted by atomic mass is 10.3. The largest absolute Gasteiger partial charge is 0.330 e. The minimum atomic E-state index is -3.64. The normalized spacial score (nSPS) is 11.8. The molecule has 1 rings (SSSR count). The zero-order chi connectivity index (χ0) is 13.8. The Morgan fingerprint density at radius 3 is 2.50 bits per heavy atom. The molecule has 18 heavy (non-hydrogen) atoms. The molecule has 0 aromatic heterocycles. The van der Waals surface area contributed by atoms with Gasteiger partial charge in [-0.15, -0.1) is 0 Å². The van der Waals surface area contributed by atoms with Crippen LogP contribution in [0.25, 0.3) is 0 Å². The lowest BCUT2D eigenvalue weighted by Crippen LogP contribution is -2.41. The van der Waals surface area contributed by atoms with Gasteiger partial charge in [-0.25, -0.2) is 4.39 Å². The molecule has 0 spiro atoms. The van der Waals surface area contributed by atoms with E-state index in [1.807, 2.05) is 0 Å². The Morgan fingerprint density at radius 1 is 1.33 bits per heavy atom. The minimum absolute atomic E-state index is 0.223. The van der Waals surface area contributed by atoms with E-state index in [1.165, 1.54) is 32.3 Å². The molecule has 5 nitrogen and oxygen atoms in total. The number of hydrogen-bond donors (Lipinski definition) is 1. The van der Waals surface area contributed by atoms with Crippen LogP contribution in [-0.2, 0) is 10.2 Å². The van der Waals surface area contributed by atoms with Gasteiger partial charge in [0.05, 0.1) is 5.69 Å². The van der Waals surface area contributed by atoms with Crippen LogP contribution in [0.1, 0.15) is 6.42 Å². The number of hydrogen-bond acceptors (Lipinski definition) is 3. The third kappa shape index (κ3) is 3.41. The highest BCUT2D eigenvalue weighted by Gasteiger charge is 2.24. The molecule has 0 bridgehead atoms. The van der Waals surface area contributed by atoms with Crippen molar-refractivity contribution < 1.29 is 12.8 Å². The fraction of sp³-hybridized carbons (Fsp3) is 0.455. The van der Waals surface area contributed by atoms with E-state index in [2.05, 4.69) is 0 Å². The summed E-state index contributed by atoms with van der Waals surface area (Å²) in [6.07, 6.45) is 0.504. The second-order valence-corrected chi connectivity index (χ2v) is 6.05. The third-order valence-electron chi connectivity index (χ3n) is 2.40. The predicted molar refractivity (Wildman–Crippen MR) is 70.0 cm³/mol. The van der Waals surface area contributed by atoms with Gasteiger partial charge in [0, 0.05) is 20.6 Å². The van der Waals surface area contributed by atoms with Crippen LogP contribution >= 0.6 is 0 Å². The highest BCUT2D eigenvalue weighted by molar-refractivity contribution is 7.90. The van der Waals surface area contributed by atoms with E-state index in [4.69, 9.17) is 5.73 Å². The van der Waals surface area contributed by atoms with Crippen molar-refractivity contribution in [1.82, 2.24) is 4.31 Å². The molecule has 0 radical (unpaired) electrons. The minimum Gasteiger partial charge on any atom is -0.330 e. The van der Waals surface area contributed by atoms with E-state index in [0.717, 1.165) is 8.61 Å². The molecule has 0 aliphatic carbocycles. The number of nitrogens with two attached hydrogens (primary N) is 1. The first-order valence-electron chi connectivity index (χ1n) is 5.55. The smallest absolute Gasteiger partial charge is 0.303 e. The number of benzene rings is 1. The van der Waals surface area contributed by atoms with E-state index < -0.39 is 16.0 Å². The Balaban J connectivity index is 3.14. The zero-order valence-electron chi connectivity index (χ0n) is 10.5. The van der Waals surface area contributed by atoms with Crippen LogP contribution in [0.5, 0.6) is 0 Å². The van der Waals surface area contributed by atoms with Gasteiger partial charge < -0.3 is 5.73 Å². The van der Waals surface area contributed by atoms with Crippen LogP contribution in [0.3, 0.4) is 0 Å². The van der Waals surface area contributed by atoms with Crippen molar-refractivity contribution in [3.8, 4) is 0 Å². The highest BCUT2D eigenvalue weighted by Crippen LogP contribution is 2.20. The van der Waals surface area contributed by atoms with Crippen LogP contribution < -0.4 is 10.0 Å². The van der Waals surface area contributed by atoms with Crippen molar-refractivity contribution >= 4 is 15.9 Å². The van der Waals surface area contributed by atoms with E-state index in [1.54, 1.807) is 6.07 Å². The van der Waals surface area contributed by atoms with Gasteiger partial charge in [0.15, 0.2) is 0 Å². The van der Waals surface area contributed by atoms with Gasteiger partial charge in [0.25, 0.3) is 0 Å². The van der Waals surface area contributed by atoms with Crippen LogP contribution in [0.15, 0.2) is 24.3 Å². The molecular weight excluding hydrogens is 257 g/mol. The van der Waals surface area contributed by atoms with Crippen molar-refractivity contribution in [3.63, 3.8) is 0 Å². The van der Waals surface area contributed by atoms with Gasteiger partial charge in [-0.05, 0) is 31.2 Å². The lowest BCUT2D eigenvalue weighted by molar-refractivity contribution is 0.514. The Labute approximate surface area is 107 Å². The molecule has 0 unspecified atom stereocenters. The topological polar surface area (TPSA) is 66.6 Å². The standard InChI is InChI=1S/C11H18FN3O2S/c1-14(2)18(16,17)15(8-4-7-13)11-6-3-5-10(12)9-11/h3,5-6,9H,4,7-8,13H2,1-2H3. The number of rotatable bonds is 6. The molecule has 7 heteroatoms.